The summed E-state index contributed by atoms with van der Waals surface area (Å²) in [5.41, 5.74) is -3.95. The van der Waals surface area contributed by atoms with Crippen LogP contribution in [0.1, 0.15) is 52.8 Å². The lowest BCUT2D eigenvalue weighted by Crippen LogP contribution is -2.30. The molecule has 0 aliphatic carbocycles. The van der Waals surface area contributed by atoms with E-state index in [0.717, 1.165) is 22.2 Å². The smallest absolute Gasteiger partial charge is 0.347 e. The molecule has 3 rings (SSSR count). The molecule has 0 fully saturated rings. The number of hydrazine groups is 1. The molecule has 0 bridgehead atoms. The summed E-state index contributed by atoms with van der Waals surface area (Å²) in [5.74, 6) is 5.18. The maximum atomic E-state index is 13.9. The van der Waals surface area contributed by atoms with Gasteiger partial charge in [-0.25, -0.2) is 11.0 Å². The Balaban J connectivity index is 2.11. The predicted octanol–water partition coefficient (Wildman–Crippen LogP) is 7.67. The first-order valence-electron chi connectivity index (χ1n) is 13.8. The molecule has 2 aromatic carbocycles. The number of benzene rings is 2. The summed E-state index contributed by atoms with van der Waals surface area (Å²) < 4.78 is 125. The van der Waals surface area contributed by atoms with Crippen molar-refractivity contribution in [2.75, 3.05) is 20.6 Å². The average molecular weight is 665 g/mol. The molecule has 1 atom stereocenters. The predicted molar refractivity (Wildman–Crippen MR) is 151 cm³/mol. The summed E-state index contributed by atoms with van der Waals surface area (Å²) in [5, 5.41) is 12.3. The van der Waals surface area contributed by atoms with E-state index in [9.17, 15) is 39.5 Å². The van der Waals surface area contributed by atoms with Crippen LogP contribution in [0.3, 0.4) is 0 Å². The van der Waals surface area contributed by atoms with Gasteiger partial charge in [0.2, 0.25) is 0 Å². The van der Waals surface area contributed by atoms with Crippen LogP contribution < -0.4 is 5.84 Å². The topological polar surface area (TPSA) is 78.3 Å². The fourth-order valence-electron chi connectivity index (χ4n) is 4.82. The van der Waals surface area contributed by atoms with Crippen LogP contribution in [0.4, 0.5) is 39.5 Å². The molecule has 1 heterocycles. The van der Waals surface area contributed by atoms with Gasteiger partial charge in [0.15, 0.2) is 0 Å². The quantitative estimate of drug-likeness (QED) is 0.0879. The monoisotopic (exact) mass is 664 g/mol. The Labute approximate surface area is 259 Å². The van der Waals surface area contributed by atoms with E-state index in [-0.39, 0.29) is 17.5 Å². The average Bonchev–Trinajstić information content (AvgIpc) is 3.47. The van der Waals surface area contributed by atoms with Gasteiger partial charge in [-0.1, -0.05) is 24.8 Å². The second kappa shape index (κ2) is 14.5. The first-order chi connectivity index (χ1) is 21.3. The Bertz CT molecular complexity index is 1450. The fourth-order valence-corrected chi connectivity index (χ4v) is 4.82. The molecule has 1 aromatic heterocycles. The summed E-state index contributed by atoms with van der Waals surface area (Å²) in [6.45, 7) is 5.42. The Hall–Kier alpha value is -4.12. The highest BCUT2D eigenvalue weighted by Crippen LogP contribution is 2.38. The van der Waals surface area contributed by atoms with Crippen LogP contribution in [0, 0.1) is 0 Å². The van der Waals surface area contributed by atoms with Gasteiger partial charge in [-0.05, 0) is 66.6 Å². The molecular formula is C29H33F9N8. The first kappa shape index (κ1) is 36.3. The minimum atomic E-state index is -5.11. The van der Waals surface area contributed by atoms with Crippen LogP contribution in [0.25, 0.3) is 0 Å². The lowest BCUT2D eigenvalue weighted by Gasteiger charge is -2.32. The third-order valence-corrected chi connectivity index (χ3v) is 7.04. The van der Waals surface area contributed by atoms with Crippen LogP contribution in [-0.4, -0.2) is 45.3 Å². The Kier molecular flexibility index (Phi) is 11.5. The van der Waals surface area contributed by atoms with Gasteiger partial charge in [-0.2, -0.15) is 44.6 Å². The number of nitrogens with two attached hydrogens (primary N) is 1. The van der Waals surface area contributed by atoms with Gasteiger partial charge >= 0.3 is 18.5 Å². The SMILES string of the molecule is C=C(/N=N\N(C)N)N(Cc1cc(C(F)(F)F)cc(C(F)(F)F)c1)Cc1cc(C(F)(F)F)ccc1C(CC)N(C)CCn1cccn1. The normalized spacial score (nSPS) is 13.4. The number of likely N-dealkylation sites (N-methyl/N-ethyl adjacent to an activating group) is 1. The van der Waals surface area contributed by atoms with Crippen LogP contribution in [-0.2, 0) is 38.2 Å². The van der Waals surface area contributed by atoms with E-state index in [1.54, 1.807) is 30.2 Å². The first-order valence-corrected chi connectivity index (χ1v) is 13.8. The summed E-state index contributed by atoms with van der Waals surface area (Å²) in [6.07, 6.45) is -11.1. The zero-order valence-electron chi connectivity index (χ0n) is 25.1. The molecule has 0 aliphatic heterocycles. The Morgan fingerprint density at radius 2 is 1.52 bits per heavy atom. The number of hydrogen-bond acceptors (Lipinski definition) is 6. The lowest BCUT2D eigenvalue weighted by molar-refractivity contribution is -0.143. The fraction of sp³-hybridized carbons (Fsp3) is 0.414. The number of halogens is 9. The van der Waals surface area contributed by atoms with Crippen molar-refractivity contribution >= 4 is 0 Å². The number of nitrogens with zero attached hydrogens (tertiary/aromatic N) is 7. The molecule has 0 amide bonds. The molecule has 8 nitrogen and oxygen atoms in total. The molecular weight excluding hydrogens is 631 g/mol. The Morgan fingerprint density at radius 1 is 0.913 bits per heavy atom. The van der Waals surface area contributed by atoms with Crippen molar-refractivity contribution in [3.05, 3.63) is 101 Å². The van der Waals surface area contributed by atoms with Crippen LogP contribution >= 0.6 is 0 Å². The molecule has 0 aliphatic rings. The summed E-state index contributed by atoms with van der Waals surface area (Å²) >= 11 is 0. The maximum Gasteiger partial charge on any atom is 0.416 e. The molecule has 0 spiro atoms. The highest BCUT2D eigenvalue weighted by atomic mass is 19.4. The minimum absolute atomic E-state index is 0.0123. The van der Waals surface area contributed by atoms with E-state index in [4.69, 9.17) is 5.84 Å². The Morgan fingerprint density at radius 3 is 2.02 bits per heavy atom. The van der Waals surface area contributed by atoms with Gasteiger partial charge < -0.3 is 4.90 Å². The van der Waals surface area contributed by atoms with E-state index < -0.39 is 59.9 Å². The number of rotatable bonds is 13. The van der Waals surface area contributed by atoms with E-state index in [0.29, 0.717) is 37.2 Å². The molecule has 252 valence electrons. The van der Waals surface area contributed by atoms with Crippen LogP contribution in [0.15, 0.2) is 77.6 Å². The molecule has 0 saturated carbocycles. The highest BCUT2D eigenvalue weighted by molar-refractivity contribution is 5.37. The maximum absolute atomic E-state index is 13.9. The van der Waals surface area contributed by atoms with Crippen LogP contribution in [0.5, 0.6) is 0 Å². The van der Waals surface area contributed by atoms with Gasteiger partial charge in [0.25, 0.3) is 0 Å². The van der Waals surface area contributed by atoms with E-state index in [1.165, 1.54) is 13.1 Å². The molecule has 17 heteroatoms. The standard InChI is InChI=1S/C29H33F9N8/c1-5-26(43(3)11-12-46-10-6-9-40-46)25-8-7-22(27(30,31)32)15-21(25)18-45(19(2)41-42-44(4)39)17-20-13-23(28(33,34)35)16-24(14-20)29(36,37)38/h6-10,13-16,26H,2,5,11-12,17-18,39H2,1,3-4H3/b42-41-. The lowest BCUT2D eigenvalue weighted by atomic mass is 9.94. The van der Waals surface area contributed by atoms with E-state index in [2.05, 4.69) is 22.0 Å². The van der Waals surface area contributed by atoms with Gasteiger partial charge in [0.1, 0.15) is 5.82 Å². The number of alkyl halides is 9. The number of aromatic nitrogens is 2. The zero-order chi connectivity index (χ0) is 34.4. The largest absolute Gasteiger partial charge is 0.416 e. The molecule has 2 N–H and O–H groups in total. The van der Waals surface area contributed by atoms with Crippen molar-refractivity contribution in [2.24, 2.45) is 16.2 Å². The summed E-state index contributed by atoms with van der Waals surface area (Å²) in [6, 6.07) is 5.52. The minimum Gasteiger partial charge on any atom is -0.347 e. The molecule has 0 radical (unpaired) electrons. The molecule has 3 aromatic rings. The van der Waals surface area contributed by atoms with Gasteiger partial charge in [-0.3, -0.25) is 9.58 Å². The second-order valence-electron chi connectivity index (χ2n) is 10.5. The summed E-state index contributed by atoms with van der Waals surface area (Å²) in [7, 11) is 3.07. The van der Waals surface area contributed by atoms with Gasteiger partial charge in [0, 0.05) is 45.1 Å². The highest BCUT2D eigenvalue weighted by Gasteiger charge is 2.37. The van der Waals surface area contributed by atoms with Gasteiger partial charge in [0.05, 0.1) is 23.2 Å². The van der Waals surface area contributed by atoms with Crippen molar-refractivity contribution in [3.63, 3.8) is 0 Å². The third kappa shape index (κ3) is 9.94. The van der Waals surface area contributed by atoms with Crippen molar-refractivity contribution < 1.29 is 39.5 Å². The van der Waals surface area contributed by atoms with Crippen molar-refractivity contribution in [1.82, 2.24) is 24.7 Å². The van der Waals surface area contributed by atoms with E-state index >= 15 is 0 Å². The van der Waals surface area contributed by atoms with Gasteiger partial charge in [-0.15, -0.1) is 5.11 Å². The van der Waals surface area contributed by atoms with Crippen molar-refractivity contribution in [3.8, 4) is 0 Å². The third-order valence-electron chi connectivity index (χ3n) is 7.04. The molecule has 0 saturated heterocycles. The van der Waals surface area contributed by atoms with Crippen LogP contribution in [0.2, 0.25) is 0 Å². The second-order valence-corrected chi connectivity index (χ2v) is 10.5. The number of hydrogen-bond donors (Lipinski definition) is 1. The summed E-state index contributed by atoms with van der Waals surface area (Å²) in [4.78, 5) is 3.05. The van der Waals surface area contributed by atoms with Crippen molar-refractivity contribution in [1.29, 1.82) is 0 Å². The molecule has 46 heavy (non-hydrogen) atoms. The van der Waals surface area contributed by atoms with E-state index in [1.807, 2.05) is 11.8 Å². The van der Waals surface area contributed by atoms with Crippen molar-refractivity contribution in [2.45, 2.75) is 57.5 Å². The zero-order valence-corrected chi connectivity index (χ0v) is 25.1. The molecule has 1 unspecified atom stereocenters.